The van der Waals surface area contributed by atoms with Crippen LogP contribution in [0, 0.1) is 11.7 Å². The van der Waals surface area contributed by atoms with Crippen LogP contribution in [0.25, 0.3) is 0 Å². The molecule has 0 radical (unpaired) electrons. The van der Waals surface area contributed by atoms with Gasteiger partial charge in [0.1, 0.15) is 5.82 Å². The highest BCUT2D eigenvalue weighted by atomic mass is 19.1. The average Bonchev–Trinajstić information content (AvgIpc) is 2.39. The van der Waals surface area contributed by atoms with E-state index in [1.807, 2.05) is 13.1 Å². The number of para-hydroxylation sites is 1. The van der Waals surface area contributed by atoms with E-state index in [2.05, 4.69) is 17.1 Å². The lowest BCUT2D eigenvalue weighted by Gasteiger charge is -2.35. The number of piperidine rings is 1. The highest BCUT2D eigenvalue weighted by molar-refractivity contribution is 5.55. The summed E-state index contributed by atoms with van der Waals surface area (Å²) in [4.78, 5) is 2.24. The third-order valence-corrected chi connectivity index (χ3v) is 3.85. The summed E-state index contributed by atoms with van der Waals surface area (Å²) in [5.41, 5.74) is 1.87. The van der Waals surface area contributed by atoms with Crippen molar-refractivity contribution in [2.75, 3.05) is 25.0 Å². The zero-order valence-corrected chi connectivity index (χ0v) is 11.4. The predicted octanol–water partition coefficient (Wildman–Crippen LogP) is 3.17. The molecule has 1 atom stereocenters. The second-order valence-electron chi connectivity index (χ2n) is 5.14. The SMILES string of the molecule is CCC1CCCN(c2c(F)cccc2CNC)C1. The molecule has 1 N–H and O–H groups in total. The molecular weight excluding hydrogens is 227 g/mol. The molecule has 2 rings (SSSR count). The van der Waals surface area contributed by atoms with Gasteiger partial charge in [-0.1, -0.05) is 25.5 Å². The van der Waals surface area contributed by atoms with Crippen molar-refractivity contribution in [3.8, 4) is 0 Å². The molecule has 1 aromatic rings. The molecule has 1 saturated heterocycles. The van der Waals surface area contributed by atoms with Crippen molar-refractivity contribution in [3.63, 3.8) is 0 Å². The van der Waals surface area contributed by atoms with Crippen LogP contribution in [0.1, 0.15) is 31.7 Å². The fraction of sp³-hybridized carbons (Fsp3) is 0.600. The number of hydrogen-bond donors (Lipinski definition) is 1. The maximum Gasteiger partial charge on any atom is 0.146 e. The number of benzene rings is 1. The first kappa shape index (κ1) is 13.3. The smallest absolute Gasteiger partial charge is 0.146 e. The second kappa shape index (κ2) is 6.19. The van der Waals surface area contributed by atoms with Crippen LogP contribution in [-0.2, 0) is 6.54 Å². The van der Waals surface area contributed by atoms with Gasteiger partial charge in [-0.05, 0) is 37.4 Å². The van der Waals surface area contributed by atoms with Gasteiger partial charge in [-0.3, -0.25) is 0 Å². The lowest BCUT2D eigenvalue weighted by Crippen LogP contribution is -2.36. The Kier molecular flexibility index (Phi) is 4.59. The minimum Gasteiger partial charge on any atom is -0.369 e. The Morgan fingerprint density at radius 3 is 3.00 bits per heavy atom. The topological polar surface area (TPSA) is 15.3 Å². The Balaban J connectivity index is 2.25. The maximum atomic E-state index is 14.1. The number of nitrogens with zero attached hydrogens (tertiary/aromatic N) is 1. The lowest BCUT2D eigenvalue weighted by molar-refractivity contribution is 0.401. The summed E-state index contributed by atoms with van der Waals surface area (Å²) in [6.45, 7) is 4.92. The summed E-state index contributed by atoms with van der Waals surface area (Å²) in [7, 11) is 1.90. The van der Waals surface area contributed by atoms with E-state index in [4.69, 9.17) is 0 Å². The number of nitrogens with one attached hydrogen (secondary N) is 1. The molecule has 1 aromatic carbocycles. The van der Waals surface area contributed by atoms with Gasteiger partial charge in [0.25, 0.3) is 0 Å². The van der Waals surface area contributed by atoms with E-state index in [1.165, 1.54) is 19.3 Å². The van der Waals surface area contributed by atoms with Crippen molar-refractivity contribution >= 4 is 5.69 Å². The molecule has 18 heavy (non-hydrogen) atoms. The molecule has 1 aliphatic rings. The Bertz CT molecular complexity index is 392. The van der Waals surface area contributed by atoms with Crippen LogP contribution < -0.4 is 10.2 Å². The first-order valence-electron chi connectivity index (χ1n) is 6.93. The normalized spacial score (nSPS) is 20.2. The van der Waals surface area contributed by atoms with Crippen LogP contribution in [0.4, 0.5) is 10.1 Å². The first-order chi connectivity index (χ1) is 8.76. The van der Waals surface area contributed by atoms with Gasteiger partial charge >= 0.3 is 0 Å². The van der Waals surface area contributed by atoms with E-state index < -0.39 is 0 Å². The molecule has 100 valence electrons. The van der Waals surface area contributed by atoms with Crippen LogP contribution in [0.3, 0.4) is 0 Å². The van der Waals surface area contributed by atoms with Crippen LogP contribution in [0.2, 0.25) is 0 Å². The monoisotopic (exact) mass is 250 g/mol. The Hall–Kier alpha value is -1.09. The van der Waals surface area contributed by atoms with Crippen LogP contribution in [-0.4, -0.2) is 20.1 Å². The summed E-state index contributed by atoms with van der Waals surface area (Å²) in [5.74, 6) is 0.625. The molecule has 1 aliphatic heterocycles. The van der Waals surface area contributed by atoms with Crippen molar-refractivity contribution < 1.29 is 4.39 Å². The molecule has 1 fully saturated rings. The van der Waals surface area contributed by atoms with Gasteiger partial charge in [0.15, 0.2) is 0 Å². The van der Waals surface area contributed by atoms with Gasteiger partial charge in [0.05, 0.1) is 5.69 Å². The number of halogens is 1. The molecule has 1 unspecified atom stereocenters. The van der Waals surface area contributed by atoms with Gasteiger partial charge in [-0.25, -0.2) is 4.39 Å². The maximum absolute atomic E-state index is 14.1. The minimum atomic E-state index is -0.0838. The van der Waals surface area contributed by atoms with E-state index in [0.717, 1.165) is 30.9 Å². The molecule has 0 aromatic heterocycles. The lowest BCUT2D eigenvalue weighted by atomic mass is 9.94. The summed E-state index contributed by atoms with van der Waals surface area (Å²) >= 11 is 0. The van der Waals surface area contributed by atoms with Gasteiger partial charge < -0.3 is 10.2 Å². The summed E-state index contributed by atoms with van der Waals surface area (Å²) in [6, 6.07) is 5.39. The molecule has 0 saturated carbocycles. The van der Waals surface area contributed by atoms with Gasteiger partial charge in [0, 0.05) is 19.6 Å². The number of anilines is 1. The molecule has 2 nitrogen and oxygen atoms in total. The quantitative estimate of drug-likeness (QED) is 0.883. The summed E-state index contributed by atoms with van der Waals surface area (Å²) in [6.07, 6.45) is 3.64. The predicted molar refractivity (Wildman–Crippen MR) is 74.4 cm³/mol. The fourth-order valence-corrected chi connectivity index (χ4v) is 2.85. The van der Waals surface area contributed by atoms with E-state index >= 15 is 0 Å². The molecule has 0 amide bonds. The van der Waals surface area contributed by atoms with Gasteiger partial charge in [0.2, 0.25) is 0 Å². The van der Waals surface area contributed by atoms with Crippen LogP contribution in [0.15, 0.2) is 18.2 Å². The van der Waals surface area contributed by atoms with Crippen molar-refractivity contribution in [1.82, 2.24) is 5.32 Å². The van der Waals surface area contributed by atoms with Crippen molar-refractivity contribution in [3.05, 3.63) is 29.6 Å². The van der Waals surface area contributed by atoms with Crippen LogP contribution in [0.5, 0.6) is 0 Å². The molecule has 0 spiro atoms. The van der Waals surface area contributed by atoms with E-state index in [0.29, 0.717) is 5.92 Å². The second-order valence-corrected chi connectivity index (χ2v) is 5.14. The van der Waals surface area contributed by atoms with Crippen molar-refractivity contribution in [1.29, 1.82) is 0 Å². The summed E-state index contributed by atoms with van der Waals surface area (Å²) in [5, 5.41) is 3.12. The van der Waals surface area contributed by atoms with E-state index in [-0.39, 0.29) is 5.82 Å². The third kappa shape index (κ3) is 2.83. The standard InChI is InChI=1S/C15H23FN2/c1-3-12-6-5-9-18(11-12)15-13(10-17-2)7-4-8-14(15)16/h4,7-8,12,17H,3,5-6,9-11H2,1-2H3. The highest BCUT2D eigenvalue weighted by Gasteiger charge is 2.22. The third-order valence-electron chi connectivity index (χ3n) is 3.85. The van der Waals surface area contributed by atoms with Gasteiger partial charge in [-0.15, -0.1) is 0 Å². The largest absolute Gasteiger partial charge is 0.369 e. The highest BCUT2D eigenvalue weighted by Crippen LogP contribution is 2.30. The van der Waals surface area contributed by atoms with Crippen LogP contribution >= 0.6 is 0 Å². The van der Waals surface area contributed by atoms with Gasteiger partial charge in [-0.2, -0.15) is 0 Å². The molecule has 1 heterocycles. The minimum absolute atomic E-state index is 0.0838. The molecular formula is C15H23FN2. The molecule has 3 heteroatoms. The average molecular weight is 250 g/mol. The van der Waals surface area contributed by atoms with Crippen molar-refractivity contribution in [2.45, 2.75) is 32.7 Å². The van der Waals surface area contributed by atoms with E-state index in [1.54, 1.807) is 12.1 Å². The summed E-state index contributed by atoms with van der Waals surface area (Å²) < 4.78 is 14.1. The molecule has 0 aliphatic carbocycles. The Morgan fingerprint density at radius 1 is 1.44 bits per heavy atom. The Labute approximate surface area is 109 Å². The number of rotatable bonds is 4. The fourth-order valence-electron chi connectivity index (χ4n) is 2.85. The first-order valence-corrected chi connectivity index (χ1v) is 6.93. The zero-order valence-electron chi connectivity index (χ0n) is 11.4. The Morgan fingerprint density at radius 2 is 2.28 bits per heavy atom. The van der Waals surface area contributed by atoms with Crippen molar-refractivity contribution in [2.24, 2.45) is 5.92 Å². The van der Waals surface area contributed by atoms with E-state index in [9.17, 15) is 4.39 Å². The number of hydrogen-bond acceptors (Lipinski definition) is 2. The molecule has 0 bridgehead atoms. The zero-order chi connectivity index (χ0) is 13.0.